The van der Waals surface area contributed by atoms with Crippen molar-refractivity contribution >= 4 is 29.3 Å². The Hall–Kier alpha value is -4.57. The summed E-state index contributed by atoms with van der Waals surface area (Å²) in [7, 11) is 2.90. The Balaban J connectivity index is 1.48. The summed E-state index contributed by atoms with van der Waals surface area (Å²) in [5, 5.41) is 15.0. The lowest BCUT2D eigenvalue weighted by molar-refractivity contribution is -0.131. The second-order valence-corrected chi connectivity index (χ2v) is 9.43. The van der Waals surface area contributed by atoms with Crippen LogP contribution in [0.15, 0.2) is 60.7 Å². The first-order chi connectivity index (χ1) is 18.7. The quantitative estimate of drug-likeness (QED) is 0.340. The zero-order valence-corrected chi connectivity index (χ0v) is 22.1. The van der Waals surface area contributed by atoms with Crippen LogP contribution in [0.2, 0.25) is 0 Å². The summed E-state index contributed by atoms with van der Waals surface area (Å²) in [4.78, 5) is 39.1. The fourth-order valence-electron chi connectivity index (χ4n) is 4.77. The molecule has 0 unspecified atom stereocenters. The molecule has 0 spiro atoms. The number of aryl methyl sites for hydroxylation is 1. The average molecular weight is 533 g/mol. The smallest absolute Gasteiger partial charge is 0.339 e. The molecule has 1 aliphatic heterocycles. The topological polar surface area (TPSA) is 143 Å². The van der Waals surface area contributed by atoms with Gasteiger partial charge in [0.25, 0.3) is 0 Å². The molecular weight excluding hydrogens is 500 g/mol. The Kier molecular flexibility index (Phi) is 8.36. The zero-order valence-electron chi connectivity index (χ0n) is 22.1. The van der Waals surface area contributed by atoms with Crippen molar-refractivity contribution in [2.45, 2.75) is 31.8 Å². The molecular formula is C29H32N4O6. The molecule has 0 bridgehead atoms. The fraction of sp³-hybridized carbons (Fsp3) is 0.276. The lowest BCUT2D eigenvalue weighted by Crippen LogP contribution is -2.34. The molecule has 1 saturated heterocycles. The minimum Gasteiger partial charge on any atom is -0.496 e. The van der Waals surface area contributed by atoms with Crippen molar-refractivity contribution in [2.24, 2.45) is 5.73 Å². The fourth-order valence-corrected chi connectivity index (χ4v) is 4.77. The number of rotatable bonds is 8. The number of likely N-dealkylation sites (tertiary alicyclic amines) is 1. The van der Waals surface area contributed by atoms with Gasteiger partial charge in [0.1, 0.15) is 17.1 Å². The summed E-state index contributed by atoms with van der Waals surface area (Å²) in [5.41, 5.74) is 9.84. The van der Waals surface area contributed by atoms with Gasteiger partial charge in [-0.15, -0.1) is 0 Å². The molecule has 5 N–H and O–H groups in total. The van der Waals surface area contributed by atoms with Gasteiger partial charge in [0.15, 0.2) is 0 Å². The maximum Gasteiger partial charge on any atom is 0.339 e. The highest BCUT2D eigenvalue weighted by atomic mass is 16.5. The van der Waals surface area contributed by atoms with Gasteiger partial charge >= 0.3 is 12.0 Å². The van der Waals surface area contributed by atoms with Crippen LogP contribution >= 0.6 is 0 Å². The number of urea groups is 1. The second-order valence-electron chi connectivity index (χ2n) is 9.43. The van der Waals surface area contributed by atoms with Gasteiger partial charge in [-0.25, -0.2) is 9.59 Å². The number of hydrogen-bond acceptors (Lipinski definition) is 6. The number of nitrogens with two attached hydrogens (primary N) is 1. The van der Waals surface area contributed by atoms with Crippen molar-refractivity contribution in [3.05, 3.63) is 82.9 Å². The maximum atomic E-state index is 13.4. The summed E-state index contributed by atoms with van der Waals surface area (Å²) in [6.07, 6.45) is 0.642. The number of nitrogens with one attached hydrogen (secondary N) is 2. The van der Waals surface area contributed by atoms with Gasteiger partial charge in [-0.05, 0) is 60.4 Å². The summed E-state index contributed by atoms with van der Waals surface area (Å²) < 4.78 is 10.7. The number of carbonyl (C=O) groups excluding carboxylic acids is 2. The first-order valence-electron chi connectivity index (χ1n) is 12.5. The number of anilines is 2. The number of benzene rings is 3. The van der Waals surface area contributed by atoms with E-state index in [0.717, 1.165) is 11.1 Å². The van der Waals surface area contributed by atoms with Crippen molar-refractivity contribution in [3.63, 3.8) is 0 Å². The molecule has 1 aliphatic rings. The highest BCUT2D eigenvalue weighted by Crippen LogP contribution is 2.35. The normalized spacial score (nSPS) is 16.5. The van der Waals surface area contributed by atoms with Gasteiger partial charge < -0.3 is 35.8 Å². The third kappa shape index (κ3) is 6.29. The van der Waals surface area contributed by atoms with Crippen molar-refractivity contribution in [1.29, 1.82) is 0 Å². The largest absolute Gasteiger partial charge is 0.496 e. The van der Waals surface area contributed by atoms with Crippen molar-refractivity contribution in [1.82, 2.24) is 4.90 Å². The number of ether oxygens (including phenoxy) is 2. The Bertz CT molecular complexity index is 1390. The van der Waals surface area contributed by atoms with Crippen LogP contribution in [0.4, 0.5) is 16.2 Å². The van der Waals surface area contributed by atoms with E-state index in [1.54, 1.807) is 35.2 Å². The SMILES string of the molecule is COc1cc(CC(=O)N2C[C@H](N)C[C@H]2c2ccc(C(=O)O)c(OC)c2)ccc1NC(=O)Nc1ccccc1C. The van der Waals surface area contributed by atoms with E-state index in [1.165, 1.54) is 20.3 Å². The number of nitrogens with zero attached hydrogens (tertiary/aromatic N) is 1. The molecule has 3 amide bonds. The predicted octanol–water partition coefficient (Wildman–Crippen LogP) is 4.20. The highest BCUT2D eigenvalue weighted by molar-refractivity contribution is 6.01. The molecule has 3 aromatic rings. The zero-order chi connectivity index (χ0) is 28.1. The lowest BCUT2D eigenvalue weighted by Gasteiger charge is -2.26. The minimum atomic E-state index is -1.09. The van der Waals surface area contributed by atoms with E-state index in [4.69, 9.17) is 15.2 Å². The van der Waals surface area contributed by atoms with Crippen LogP contribution < -0.4 is 25.8 Å². The van der Waals surface area contributed by atoms with Gasteiger partial charge in [-0.3, -0.25) is 4.79 Å². The number of carboxylic acid groups (broad SMARTS) is 1. The maximum absolute atomic E-state index is 13.4. The van der Waals surface area contributed by atoms with Gasteiger partial charge in [-0.1, -0.05) is 30.3 Å². The van der Waals surface area contributed by atoms with Gasteiger partial charge in [0.2, 0.25) is 5.91 Å². The molecule has 0 radical (unpaired) electrons. The van der Waals surface area contributed by atoms with E-state index in [9.17, 15) is 19.5 Å². The molecule has 4 rings (SSSR count). The second kappa shape index (κ2) is 11.9. The lowest BCUT2D eigenvalue weighted by atomic mass is 10.0. The van der Waals surface area contributed by atoms with Crippen LogP contribution in [0.5, 0.6) is 11.5 Å². The number of amides is 3. The summed E-state index contributed by atoms with van der Waals surface area (Å²) in [5.74, 6) is -0.570. The van der Waals surface area contributed by atoms with Crippen LogP contribution in [0.3, 0.4) is 0 Å². The van der Waals surface area contributed by atoms with E-state index in [-0.39, 0.29) is 35.7 Å². The number of carboxylic acids is 1. The Morgan fingerprint density at radius 1 is 0.974 bits per heavy atom. The molecule has 10 heteroatoms. The predicted molar refractivity (Wildman–Crippen MR) is 148 cm³/mol. The third-order valence-corrected chi connectivity index (χ3v) is 6.76. The number of hydrogen-bond donors (Lipinski definition) is 4. The van der Waals surface area contributed by atoms with Crippen molar-refractivity contribution in [3.8, 4) is 11.5 Å². The number of carbonyl (C=O) groups is 3. The van der Waals surface area contributed by atoms with Crippen LogP contribution in [0.1, 0.15) is 39.5 Å². The summed E-state index contributed by atoms with van der Waals surface area (Å²) in [6.45, 7) is 2.28. The molecule has 10 nitrogen and oxygen atoms in total. The molecule has 1 heterocycles. The molecule has 1 fully saturated rings. The molecule has 2 atom stereocenters. The number of aromatic carboxylic acids is 1. The highest BCUT2D eigenvalue weighted by Gasteiger charge is 2.35. The molecule has 204 valence electrons. The Morgan fingerprint density at radius 2 is 1.69 bits per heavy atom. The van der Waals surface area contributed by atoms with E-state index in [0.29, 0.717) is 35.7 Å². The monoisotopic (exact) mass is 532 g/mol. The molecule has 3 aromatic carbocycles. The Labute approximate surface area is 226 Å². The van der Waals surface area contributed by atoms with Crippen LogP contribution in [-0.2, 0) is 11.2 Å². The molecule has 0 saturated carbocycles. The van der Waals surface area contributed by atoms with Gasteiger partial charge in [-0.2, -0.15) is 0 Å². The minimum absolute atomic E-state index is 0.0507. The van der Waals surface area contributed by atoms with Crippen LogP contribution in [-0.4, -0.2) is 54.7 Å². The van der Waals surface area contributed by atoms with Crippen LogP contribution in [0, 0.1) is 6.92 Å². The Morgan fingerprint density at radius 3 is 2.38 bits per heavy atom. The van der Waals surface area contributed by atoms with E-state index in [2.05, 4.69) is 10.6 Å². The molecule has 39 heavy (non-hydrogen) atoms. The van der Waals surface area contributed by atoms with E-state index < -0.39 is 12.0 Å². The van der Waals surface area contributed by atoms with Crippen LogP contribution in [0.25, 0.3) is 0 Å². The first kappa shape index (κ1) is 27.5. The number of para-hydroxylation sites is 1. The first-order valence-corrected chi connectivity index (χ1v) is 12.5. The molecule has 0 aliphatic carbocycles. The third-order valence-electron chi connectivity index (χ3n) is 6.76. The van der Waals surface area contributed by atoms with Gasteiger partial charge in [0, 0.05) is 18.3 Å². The molecule has 0 aromatic heterocycles. The summed E-state index contributed by atoms with van der Waals surface area (Å²) in [6, 6.07) is 16.5. The van der Waals surface area contributed by atoms with E-state index >= 15 is 0 Å². The average Bonchev–Trinajstić information content (AvgIpc) is 3.32. The van der Waals surface area contributed by atoms with Gasteiger partial charge in [0.05, 0.1) is 32.4 Å². The van der Waals surface area contributed by atoms with E-state index in [1.807, 2.05) is 31.2 Å². The van der Waals surface area contributed by atoms with Crippen molar-refractivity contribution in [2.75, 3.05) is 31.4 Å². The number of methoxy groups -OCH3 is 2. The summed E-state index contributed by atoms with van der Waals surface area (Å²) >= 11 is 0. The van der Waals surface area contributed by atoms with Crippen molar-refractivity contribution < 1.29 is 29.0 Å². The standard InChI is InChI=1S/C29H32N4O6/c1-17-6-4-5-7-22(17)31-29(37)32-23-11-8-18(12-26(23)39-3)13-27(34)33-16-20(30)15-24(33)19-9-10-21(28(35)36)25(14-19)38-2/h4-12,14,20,24H,13,15-16,30H2,1-3H3,(H,35,36)(H2,31,32,37)/t20-,24+/m1/s1.